The first-order valence-electron chi connectivity index (χ1n) is 7.22. The predicted octanol–water partition coefficient (Wildman–Crippen LogP) is 5.16. The maximum atomic E-state index is 7.83. The first-order valence-corrected chi connectivity index (χ1v) is 6.22. The molecule has 3 rings (SSSR count). The first-order chi connectivity index (χ1) is 10.2. The van der Waals surface area contributed by atoms with Crippen molar-refractivity contribution >= 4 is 17.1 Å². The van der Waals surface area contributed by atoms with Crippen LogP contribution in [0.3, 0.4) is 0 Å². The average Bonchev–Trinajstić information content (AvgIpc) is 2.51. The molecule has 0 radical (unpaired) electrons. The van der Waals surface area contributed by atoms with Crippen LogP contribution < -0.4 is 4.90 Å². The second-order valence-corrected chi connectivity index (χ2v) is 4.19. The lowest BCUT2D eigenvalue weighted by Gasteiger charge is -2.25. The molecule has 1 heteroatoms. The number of hydrogen-bond donors (Lipinski definition) is 0. The third-order valence-corrected chi connectivity index (χ3v) is 2.92. The van der Waals surface area contributed by atoms with Gasteiger partial charge in [0.1, 0.15) is 0 Å². The fraction of sp³-hybridized carbons (Fsp3) is 0. The highest BCUT2D eigenvalue weighted by atomic mass is 15.1. The van der Waals surface area contributed by atoms with Gasteiger partial charge in [-0.05, 0) is 36.4 Å². The summed E-state index contributed by atoms with van der Waals surface area (Å²) >= 11 is 0. The molecule has 0 aliphatic rings. The van der Waals surface area contributed by atoms with E-state index in [9.17, 15) is 0 Å². The second-order valence-electron chi connectivity index (χ2n) is 4.19. The van der Waals surface area contributed by atoms with Gasteiger partial charge < -0.3 is 4.90 Å². The van der Waals surface area contributed by atoms with Crippen LogP contribution in [0, 0.1) is 0 Å². The molecule has 0 saturated carbocycles. The molecule has 0 saturated heterocycles. The van der Waals surface area contributed by atoms with Crippen molar-refractivity contribution in [3.05, 3.63) is 90.9 Å². The Kier molecular flexibility index (Phi) is 2.67. The summed E-state index contributed by atoms with van der Waals surface area (Å²) in [7, 11) is 0. The van der Waals surface area contributed by atoms with Crippen LogP contribution in [-0.4, -0.2) is 0 Å². The van der Waals surface area contributed by atoms with Crippen LogP contribution >= 0.6 is 0 Å². The molecule has 0 heterocycles. The van der Waals surface area contributed by atoms with Crippen LogP contribution in [0.4, 0.5) is 17.1 Å². The van der Waals surface area contributed by atoms with E-state index in [0.29, 0.717) is 12.1 Å². The van der Waals surface area contributed by atoms with Crippen LogP contribution in [-0.2, 0) is 0 Å². The number of anilines is 3. The van der Waals surface area contributed by atoms with E-state index in [1.807, 2.05) is 60.7 Å². The van der Waals surface area contributed by atoms with E-state index < -0.39 is 0 Å². The van der Waals surface area contributed by atoms with E-state index in [-0.39, 0.29) is 0 Å². The standard InChI is InChI=1S/C18H15N/c1-4-10-16(11-5-1)19(17-12-6-2-7-13-17)18-14-8-3-9-15-18/h1-15H/i1T,6T. The van der Waals surface area contributed by atoms with Gasteiger partial charge in [0.2, 0.25) is 0 Å². The van der Waals surface area contributed by atoms with Gasteiger partial charge in [-0.2, -0.15) is 0 Å². The van der Waals surface area contributed by atoms with Crippen molar-refractivity contribution in [2.24, 2.45) is 0 Å². The van der Waals surface area contributed by atoms with Crippen LogP contribution in [0.25, 0.3) is 0 Å². The summed E-state index contributed by atoms with van der Waals surface area (Å²) in [6.45, 7) is 0. The summed E-state index contributed by atoms with van der Waals surface area (Å²) < 4.78 is 15.5. The molecule has 0 amide bonds. The van der Waals surface area contributed by atoms with Gasteiger partial charge in [-0.1, -0.05) is 54.5 Å². The van der Waals surface area contributed by atoms with Crippen molar-refractivity contribution in [1.82, 2.24) is 0 Å². The van der Waals surface area contributed by atoms with Crippen molar-refractivity contribution in [2.75, 3.05) is 4.90 Å². The van der Waals surface area contributed by atoms with Gasteiger partial charge >= 0.3 is 0 Å². The first kappa shape index (κ1) is 9.40. The SMILES string of the molecule is [3H]c1ccc(N(c2ccccc2)c2cccc([3H])c2)cc1. The zero-order valence-corrected chi connectivity index (χ0v) is 10.5. The summed E-state index contributed by atoms with van der Waals surface area (Å²) in [6, 6.07) is 25.9. The monoisotopic (exact) mass is 249 g/mol. The fourth-order valence-electron chi connectivity index (χ4n) is 2.07. The quantitative estimate of drug-likeness (QED) is 0.620. The van der Waals surface area contributed by atoms with Crippen molar-refractivity contribution in [1.29, 1.82) is 0 Å². The molecule has 1 nitrogen and oxygen atoms in total. The summed E-state index contributed by atoms with van der Waals surface area (Å²) in [5.41, 5.74) is 2.94. The molecule has 19 heavy (non-hydrogen) atoms. The molecular formula is C18H15N. The minimum absolute atomic E-state index is 0.477. The van der Waals surface area contributed by atoms with Gasteiger partial charge in [-0.25, -0.2) is 0 Å². The summed E-state index contributed by atoms with van der Waals surface area (Å²) in [5, 5.41) is 0. The van der Waals surface area contributed by atoms with E-state index in [2.05, 4.69) is 4.90 Å². The highest BCUT2D eigenvalue weighted by molar-refractivity contribution is 5.76. The number of rotatable bonds is 3. The Morgan fingerprint density at radius 2 is 1.05 bits per heavy atom. The Bertz CT molecular complexity index is 724. The minimum Gasteiger partial charge on any atom is -0.311 e. The minimum atomic E-state index is 0.477. The molecule has 0 atom stereocenters. The number of nitrogens with zero attached hydrogens (tertiary/aromatic N) is 1. The van der Waals surface area contributed by atoms with Gasteiger partial charge in [0.15, 0.2) is 0 Å². The topological polar surface area (TPSA) is 3.24 Å². The van der Waals surface area contributed by atoms with Crippen LogP contribution in [0.2, 0.25) is 0 Å². The predicted molar refractivity (Wildman–Crippen MR) is 81.1 cm³/mol. The largest absolute Gasteiger partial charge is 0.311 e. The fourth-order valence-corrected chi connectivity index (χ4v) is 2.07. The molecule has 0 N–H and O–H groups in total. The molecule has 92 valence electrons. The van der Waals surface area contributed by atoms with Crippen molar-refractivity contribution < 1.29 is 2.74 Å². The maximum absolute atomic E-state index is 7.83. The Morgan fingerprint density at radius 1 is 0.526 bits per heavy atom. The highest BCUT2D eigenvalue weighted by Gasteiger charge is 2.10. The van der Waals surface area contributed by atoms with Gasteiger partial charge in [-0.15, -0.1) is 0 Å². The van der Waals surface area contributed by atoms with E-state index >= 15 is 0 Å². The average molecular weight is 249 g/mol. The number of hydrogen-bond acceptors (Lipinski definition) is 1. The van der Waals surface area contributed by atoms with Gasteiger partial charge in [0, 0.05) is 17.1 Å². The Morgan fingerprint density at radius 3 is 1.68 bits per heavy atom. The van der Waals surface area contributed by atoms with Crippen LogP contribution in [0.1, 0.15) is 2.74 Å². The Balaban J connectivity index is 2.13. The smallest absolute Gasteiger partial charge is 0.0623 e. The third kappa shape index (κ3) is 2.50. The molecule has 0 aliphatic carbocycles. The van der Waals surface area contributed by atoms with Gasteiger partial charge in [0.25, 0.3) is 0 Å². The van der Waals surface area contributed by atoms with E-state index in [0.717, 1.165) is 17.1 Å². The van der Waals surface area contributed by atoms with E-state index in [1.54, 1.807) is 18.2 Å². The Hall–Kier alpha value is -2.54. The molecule has 0 bridgehead atoms. The van der Waals surface area contributed by atoms with Crippen LogP contribution in [0.5, 0.6) is 0 Å². The van der Waals surface area contributed by atoms with Crippen LogP contribution in [0.15, 0.2) is 90.9 Å². The zero-order valence-electron chi connectivity index (χ0n) is 12.5. The maximum Gasteiger partial charge on any atom is 0.0623 e. The normalized spacial score (nSPS) is 11.6. The van der Waals surface area contributed by atoms with E-state index in [4.69, 9.17) is 2.74 Å². The molecule has 0 fully saturated rings. The molecule has 0 spiro atoms. The summed E-state index contributed by atoms with van der Waals surface area (Å²) in [4.78, 5) is 2.08. The molecular weight excluding hydrogens is 230 g/mol. The van der Waals surface area contributed by atoms with Gasteiger partial charge in [0.05, 0.1) is 2.74 Å². The molecule has 0 aliphatic heterocycles. The highest BCUT2D eigenvalue weighted by Crippen LogP contribution is 2.33. The molecule has 3 aromatic rings. The number of para-hydroxylation sites is 3. The molecule has 0 unspecified atom stereocenters. The second kappa shape index (κ2) is 5.40. The van der Waals surface area contributed by atoms with Crippen molar-refractivity contribution in [2.45, 2.75) is 0 Å². The third-order valence-electron chi connectivity index (χ3n) is 2.92. The number of benzene rings is 3. The van der Waals surface area contributed by atoms with Crippen molar-refractivity contribution in [3.63, 3.8) is 0 Å². The molecule has 0 aromatic heterocycles. The lowest BCUT2D eigenvalue weighted by Crippen LogP contribution is -2.09. The lowest BCUT2D eigenvalue weighted by molar-refractivity contribution is 1.28. The zero-order chi connectivity index (χ0) is 14.7. The van der Waals surface area contributed by atoms with Crippen molar-refractivity contribution in [3.8, 4) is 0 Å². The van der Waals surface area contributed by atoms with E-state index in [1.165, 1.54) is 0 Å². The molecule has 3 aromatic carbocycles. The Labute approximate surface area is 116 Å². The summed E-state index contributed by atoms with van der Waals surface area (Å²) in [6.07, 6.45) is 0. The van der Waals surface area contributed by atoms with Gasteiger partial charge in [-0.3, -0.25) is 0 Å². The lowest BCUT2D eigenvalue weighted by atomic mass is 10.2. The summed E-state index contributed by atoms with van der Waals surface area (Å²) in [5.74, 6) is 0.